The number of ether oxygens (including phenoxy) is 2. The molecule has 3 atom stereocenters. The zero-order valence-corrected chi connectivity index (χ0v) is 38.2. The average molecular weight is 833 g/mol. The van der Waals surface area contributed by atoms with Crippen LogP contribution >= 0.6 is 14.7 Å². The Morgan fingerprint density at radius 2 is 1.00 bits per heavy atom. The SMILES string of the molecule is CCCCCCCC/C=C\CCCCCCCC(=O)OCC(COP(=O)(O)[P+]([O-])=C(O)C[N+](C)(C)C)OC(=O)CCCCCCC/C=C\CCCCCCCC. The van der Waals surface area contributed by atoms with Crippen molar-refractivity contribution in [2.75, 3.05) is 40.9 Å². The maximum absolute atomic E-state index is 12.8. The van der Waals surface area contributed by atoms with Crippen LogP contribution in [0.1, 0.15) is 194 Å². The summed E-state index contributed by atoms with van der Waals surface area (Å²) in [6.45, 7) is 3.42. The smallest absolute Gasteiger partial charge is 0.523 e. The molecule has 0 bridgehead atoms. The molecular formula is C44H84NO9P2+. The first-order valence-corrected chi connectivity index (χ1v) is 25.8. The molecule has 0 aromatic heterocycles. The second kappa shape index (κ2) is 36.7. The number of carbonyl (C=O) groups is 2. The Morgan fingerprint density at radius 1 is 0.625 bits per heavy atom. The Morgan fingerprint density at radius 3 is 1.41 bits per heavy atom. The molecule has 56 heavy (non-hydrogen) atoms. The van der Waals surface area contributed by atoms with Crippen molar-refractivity contribution >= 4 is 32.2 Å². The highest BCUT2D eigenvalue weighted by molar-refractivity contribution is 8.24. The van der Waals surface area contributed by atoms with Crippen LogP contribution in [0.2, 0.25) is 0 Å². The normalized spacial score (nSPS) is 14.3. The van der Waals surface area contributed by atoms with Gasteiger partial charge in [0.25, 0.3) is 5.48 Å². The summed E-state index contributed by atoms with van der Waals surface area (Å²) in [4.78, 5) is 48.3. The van der Waals surface area contributed by atoms with E-state index in [1.807, 2.05) is 0 Å². The van der Waals surface area contributed by atoms with Gasteiger partial charge in [0.1, 0.15) is 13.2 Å². The van der Waals surface area contributed by atoms with Crippen LogP contribution in [0.4, 0.5) is 0 Å². The number of rotatable bonds is 39. The molecule has 2 N–H and O–H groups in total. The van der Waals surface area contributed by atoms with Crippen molar-refractivity contribution in [3.8, 4) is 0 Å². The minimum absolute atomic E-state index is 0.106. The van der Waals surface area contributed by atoms with E-state index in [1.54, 1.807) is 21.1 Å². The van der Waals surface area contributed by atoms with Crippen LogP contribution in [-0.2, 0) is 28.2 Å². The van der Waals surface area contributed by atoms with Gasteiger partial charge in [0.2, 0.25) is 7.46 Å². The molecule has 0 saturated carbocycles. The van der Waals surface area contributed by atoms with Crippen LogP contribution in [0.25, 0.3) is 0 Å². The van der Waals surface area contributed by atoms with Crippen molar-refractivity contribution in [2.45, 2.75) is 200 Å². The highest BCUT2D eigenvalue weighted by Crippen LogP contribution is 2.63. The molecule has 0 aliphatic heterocycles. The van der Waals surface area contributed by atoms with Crippen LogP contribution in [0.15, 0.2) is 24.3 Å². The summed E-state index contributed by atoms with van der Waals surface area (Å²) in [6, 6.07) is 0. The van der Waals surface area contributed by atoms with Gasteiger partial charge in [-0.1, -0.05) is 141 Å². The molecule has 0 fully saturated rings. The fourth-order valence-electron chi connectivity index (χ4n) is 6.16. The lowest BCUT2D eigenvalue weighted by atomic mass is 10.1. The lowest BCUT2D eigenvalue weighted by Gasteiger charge is -2.22. The minimum atomic E-state index is -4.80. The summed E-state index contributed by atoms with van der Waals surface area (Å²) < 4.78 is 29.0. The molecule has 328 valence electrons. The summed E-state index contributed by atoms with van der Waals surface area (Å²) in [5.41, 5.74) is -0.637. The van der Waals surface area contributed by atoms with E-state index in [0.29, 0.717) is 12.8 Å². The molecule has 0 aliphatic carbocycles. The summed E-state index contributed by atoms with van der Waals surface area (Å²) >= 11 is 0. The molecule has 10 nitrogen and oxygen atoms in total. The highest BCUT2D eigenvalue weighted by atomic mass is 32.1. The van der Waals surface area contributed by atoms with Crippen LogP contribution in [0, 0.1) is 0 Å². The number of hydrogen-bond donors (Lipinski definition) is 2. The number of unbranched alkanes of at least 4 members (excludes halogenated alkanes) is 22. The van der Waals surface area contributed by atoms with Gasteiger partial charge in [0.15, 0.2) is 12.6 Å². The van der Waals surface area contributed by atoms with Gasteiger partial charge in [-0.3, -0.25) is 19.0 Å². The zero-order chi connectivity index (χ0) is 41.8. The van der Waals surface area contributed by atoms with Crippen LogP contribution < -0.4 is 4.89 Å². The Bertz CT molecular complexity index is 1120. The van der Waals surface area contributed by atoms with Crippen LogP contribution in [0.3, 0.4) is 0 Å². The number of likely N-dealkylation sites (N-methyl/N-ethyl adjacent to an activating group) is 1. The molecule has 0 aromatic carbocycles. The first kappa shape index (κ1) is 54.6. The molecule has 0 radical (unpaired) electrons. The van der Waals surface area contributed by atoms with Gasteiger partial charge in [-0.2, -0.15) is 0 Å². The van der Waals surface area contributed by atoms with Gasteiger partial charge in [0, 0.05) is 12.8 Å². The van der Waals surface area contributed by atoms with E-state index in [2.05, 4.69) is 38.2 Å². The standard InChI is InChI=1S/C44H83NO9P2/c1-6-8-10-12-14-16-18-20-22-24-26-28-30-32-34-36-42(46)52-39-41(40-53-56(50,51)55(49)44(48)38-45(3,4)5)54-43(47)37-35-33-31-29-27-25-23-21-19-17-15-13-11-9-7-2/h20-23,41H,6-19,24-40H2,1-5H3,(H-,48,50,51)/p+1/b22-20-,23-21-. The third kappa shape index (κ3) is 35.8. The highest BCUT2D eigenvalue weighted by Gasteiger charge is 2.38. The van der Waals surface area contributed by atoms with Crippen molar-refractivity contribution in [1.82, 2.24) is 0 Å². The largest absolute Gasteiger partial charge is 0.621 e. The third-order valence-electron chi connectivity index (χ3n) is 9.51. The van der Waals surface area contributed by atoms with Crippen molar-refractivity contribution < 1.29 is 47.5 Å². The molecule has 0 aliphatic rings. The molecular weight excluding hydrogens is 748 g/mol. The van der Waals surface area contributed by atoms with Gasteiger partial charge in [-0.05, 0) is 64.2 Å². The van der Waals surface area contributed by atoms with Gasteiger partial charge in [0.05, 0.1) is 21.1 Å². The van der Waals surface area contributed by atoms with E-state index in [0.717, 1.165) is 77.0 Å². The Hall–Kier alpha value is -1.38. The van der Waals surface area contributed by atoms with Gasteiger partial charge in [-0.25, -0.2) is 4.57 Å². The minimum Gasteiger partial charge on any atom is -0.621 e. The predicted molar refractivity (Wildman–Crippen MR) is 232 cm³/mol. The molecule has 0 saturated heterocycles. The zero-order valence-electron chi connectivity index (χ0n) is 36.4. The topological polar surface area (TPSA) is 142 Å². The van der Waals surface area contributed by atoms with Crippen molar-refractivity contribution in [1.29, 1.82) is 0 Å². The van der Waals surface area contributed by atoms with Gasteiger partial charge < -0.3 is 24.0 Å². The van der Waals surface area contributed by atoms with E-state index in [4.69, 9.17) is 14.0 Å². The van der Waals surface area contributed by atoms with Crippen molar-refractivity contribution in [3.05, 3.63) is 24.3 Å². The number of allylic oxidation sites excluding steroid dienone is 4. The first-order valence-electron chi connectivity index (χ1n) is 22.3. The molecule has 0 rings (SSSR count). The van der Waals surface area contributed by atoms with Gasteiger partial charge >= 0.3 is 19.2 Å². The summed E-state index contributed by atoms with van der Waals surface area (Å²) in [6.07, 6.45) is 38.2. The predicted octanol–water partition coefficient (Wildman–Crippen LogP) is 11.6. The first-order chi connectivity index (χ1) is 26.8. The van der Waals surface area contributed by atoms with E-state index < -0.39 is 44.9 Å². The number of aliphatic hydroxyl groups is 1. The van der Waals surface area contributed by atoms with Crippen molar-refractivity contribution in [2.24, 2.45) is 0 Å². The van der Waals surface area contributed by atoms with Gasteiger partial charge in [-0.15, -0.1) is 0 Å². The number of carbonyl (C=O) groups excluding carboxylic acids is 2. The van der Waals surface area contributed by atoms with Crippen molar-refractivity contribution in [3.63, 3.8) is 0 Å². The fourth-order valence-corrected chi connectivity index (χ4v) is 9.04. The monoisotopic (exact) mass is 833 g/mol. The second-order valence-electron chi connectivity index (χ2n) is 16.4. The van der Waals surface area contributed by atoms with E-state index in [9.17, 15) is 29.0 Å². The number of aliphatic hydroxyl groups excluding tert-OH is 1. The molecule has 3 unspecified atom stereocenters. The van der Waals surface area contributed by atoms with E-state index in [-0.39, 0.29) is 30.5 Å². The number of hydrogen-bond acceptors (Lipinski definition) is 7. The second-order valence-corrected chi connectivity index (χ2v) is 21.3. The average Bonchev–Trinajstić information content (AvgIpc) is 3.14. The molecule has 12 heteroatoms. The summed E-state index contributed by atoms with van der Waals surface area (Å²) in [5.74, 6) is -0.978. The Labute approximate surface area is 343 Å². The molecule has 0 heterocycles. The van der Waals surface area contributed by atoms with E-state index >= 15 is 0 Å². The Kier molecular flexibility index (Phi) is 35.8. The lowest BCUT2D eigenvalue weighted by molar-refractivity contribution is -0.861. The van der Waals surface area contributed by atoms with Crippen LogP contribution in [-0.4, -0.2) is 78.9 Å². The molecule has 0 aromatic rings. The Balaban J connectivity index is 4.61. The molecule has 0 spiro atoms. The third-order valence-corrected chi connectivity index (χ3v) is 13.5. The maximum atomic E-state index is 12.8. The van der Waals surface area contributed by atoms with E-state index in [1.165, 1.54) is 77.0 Å². The number of nitrogens with zero attached hydrogens (tertiary/aromatic N) is 1. The summed E-state index contributed by atoms with van der Waals surface area (Å²) in [7, 11) is -2.72. The lowest BCUT2D eigenvalue weighted by Crippen LogP contribution is -2.39. The quantitative estimate of drug-likeness (QED) is 0.0203. The number of esters is 2. The maximum Gasteiger partial charge on any atom is 0.523 e. The summed E-state index contributed by atoms with van der Waals surface area (Å²) in [5, 5.41) is 10.2. The fraction of sp³-hybridized carbons (Fsp3) is 0.841. The number of quaternary nitrogens is 1. The molecule has 0 amide bonds. The van der Waals surface area contributed by atoms with Crippen LogP contribution in [0.5, 0.6) is 0 Å².